The standard InChI is InChI=1S/C20H26N2O4S/c1-15-9-11-18(12-10-15)27(24,25)22(4)13-20(23)21-17(3)14-26-19-8-6-5-7-16(19)2/h5-12,17H,13-14H2,1-4H3,(H,21,23)/t17-/m0/s1. The number of amides is 1. The molecule has 2 aromatic carbocycles. The molecule has 0 fully saturated rings. The number of sulfonamides is 1. The average Bonchev–Trinajstić information content (AvgIpc) is 2.61. The van der Waals surface area contributed by atoms with E-state index in [1.165, 1.54) is 19.2 Å². The van der Waals surface area contributed by atoms with Gasteiger partial charge in [0.15, 0.2) is 0 Å². The van der Waals surface area contributed by atoms with Crippen LogP contribution in [0.3, 0.4) is 0 Å². The first-order valence-corrected chi connectivity index (χ1v) is 10.1. The summed E-state index contributed by atoms with van der Waals surface area (Å²) in [6.07, 6.45) is 0. The molecule has 7 heteroatoms. The molecule has 6 nitrogen and oxygen atoms in total. The van der Waals surface area contributed by atoms with E-state index in [1.807, 2.05) is 45.0 Å². The Morgan fingerprint density at radius 2 is 1.74 bits per heavy atom. The van der Waals surface area contributed by atoms with Crippen molar-refractivity contribution in [3.63, 3.8) is 0 Å². The van der Waals surface area contributed by atoms with Crippen LogP contribution >= 0.6 is 0 Å². The highest BCUT2D eigenvalue weighted by atomic mass is 32.2. The molecule has 1 atom stereocenters. The van der Waals surface area contributed by atoms with E-state index in [9.17, 15) is 13.2 Å². The van der Waals surface area contributed by atoms with Crippen LogP contribution in [-0.4, -0.2) is 44.9 Å². The summed E-state index contributed by atoms with van der Waals surface area (Å²) >= 11 is 0. The van der Waals surface area contributed by atoms with Crippen LogP contribution in [0.1, 0.15) is 18.1 Å². The Morgan fingerprint density at radius 1 is 1.11 bits per heavy atom. The number of ether oxygens (including phenoxy) is 1. The van der Waals surface area contributed by atoms with Gasteiger partial charge in [0.1, 0.15) is 12.4 Å². The molecule has 0 aromatic heterocycles. The second kappa shape index (κ2) is 9.01. The molecule has 146 valence electrons. The van der Waals surface area contributed by atoms with E-state index in [0.717, 1.165) is 21.2 Å². The van der Waals surface area contributed by atoms with Crippen molar-refractivity contribution in [2.45, 2.75) is 31.7 Å². The molecule has 0 saturated heterocycles. The van der Waals surface area contributed by atoms with Gasteiger partial charge in [-0.25, -0.2) is 8.42 Å². The molecule has 2 rings (SSSR count). The van der Waals surface area contributed by atoms with Crippen LogP contribution in [0.15, 0.2) is 53.4 Å². The van der Waals surface area contributed by atoms with E-state index < -0.39 is 10.0 Å². The third-order valence-corrected chi connectivity index (χ3v) is 5.90. The summed E-state index contributed by atoms with van der Waals surface area (Å²) in [7, 11) is -2.31. The van der Waals surface area contributed by atoms with Crippen LogP contribution < -0.4 is 10.1 Å². The minimum absolute atomic E-state index is 0.166. The van der Waals surface area contributed by atoms with Crippen molar-refractivity contribution in [3.05, 3.63) is 59.7 Å². The van der Waals surface area contributed by atoms with Gasteiger partial charge in [-0.15, -0.1) is 0 Å². The molecule has 1 N–H and O–H groups in total. The van der Waals surface area contributed by atoms with Gasteiger partial charge in [0.25, 0.3) is 0 Å². The van der Waals surface area contributed by atoms with Gasteiger partial charge in [0, 0.05) is 7.05 Å². The zero-order chi connectivity index (χ0) is 20.0. The molecule has 2 aromatic rings. The van der Waals surface area contributed by atoms with E-state index in [4.69, 9.17) is 4.74 Å². The molecule has 0 aliphatic rings. The van der Waals surface area contributed by atoms with Gasteiger partial charge >= 0.3 is 0 Å². The van der Waals surface area contributed by atoms with Crippen molar-refractivity contribution >= 4 is 15.9 Å². The van der Waals surface area contributed by atoms with Crippen LogP contribution in [0.2, 0.25) is 0 Å². The van der Waals surface area contributed by atoms with E-state index >= 15 is 0 Å². The molecular weight excluding hydrogens is 364 g/mol. The number of benzene rings is 2. The predicted octanol–water partition coefficient (Wildman–Crippen LogP) is 2.51. The highest BCUT2D eigenvalue weighted by Crippen LogP contribution is 2.16. The topological polar surface area (TPSA) is 75.7 Å². The molecule has 0 spiro atoms. The Balaban J connectivity index is 1.88. The van der Waals surface area contributed by atoms with Crippen molar-refractivity contribution in [3.8, 4) is 5.75 Å². The number of nitrogens with one attached hydrogen (secondary N) is 1. The minimum Gasteiger partial charge on any atom is -0.491 e. The summed E-state index contributed by atoms with van der Waals surface area (Å²) in [4.78, 5) is 12.4. The van der Waals surface area contributed by atoms with Gasteiger partial charge in [-0.2, -0.15) is 4.31 Å². The van der Waals surface area contributed by atoms with Crippen LogP contribution in [0.4, 0.5) is 0 Å². The normalized spacial score (nSPS) is 12.6. The third-order valence-electron chi connectivity index (χ3n) is 4.09. The summed E-state index contributed by atoms with van der Waals surface area (Å²) in [5.41, 5.74) is 1.98. The lowest BCUT2D eigenvalue weighted by atomic mass is 10.2. The highest BCUT2D eigenvalue weighted by molar-refractivity contribution is 7.89. The minimum atomic E-state index is -3.71. The van der Waals surface area contributed by atoms with Crippen molar-refractivity contribution in [1.82, 2.24) is 9.62 Å². The Labute approximate surface area is 161 Å². The number of hydrogen-bond acceptors (Lipinski definition) is 4. The van der Waals surface area contributed by atoms with Crippen molar-refractivity contribution in [1.29, 1.82) is 0 Å². The number of carbonyl (C=O) groups is 1. The summed E-state index contributed by atoms with van der Waals surface area (Å²) < 4.78 is 31.8. The summed E-state index contributed by atoms with van der Waals surface area (Å²) in [6, 6.07) is 13.9. The molecule has 0 aliphatic carbocycles. The second-order valence-electron chi connectivity index (χ2n) is 6.62. The summed E-state index contributed by atoms with van der Waals surface area (Å²) in [5, 5.41) is 2.76. The lowest BCUT2D eigenvalue weighted by Gasteiger charge is -2.20. The van der Waals surface area contributed by atoms with Crippen LogP contribution in [0, 0.1) is 13.8 Å². The number of aryl methyl sites for hydroxylation is 2. The molecule has 0 aliphatic heterocycles. The van der Waals surface area contributed by atoms with Gasteiger partial charge in [-0.05, 0) is 44.5 Å². The van der Waals surface area contributed by atoms with Crippen molar-refractivity contribution < 1.29 is 17.9 Å². The number of nitrogens with zero attached hydrogens (tertiary/aromatic N) is 1. The number of likely N-dealkylation sites (N-methyl/N-ethyl adjacent to an activating group) is 1. The van der Waals surface area contributed by atoms with Gasteiger partial charge in [-0.1, -0.05) is 35.9 Å². The average molecular weight is 391 g/mol. The molecule has 0 radical (unpaired) electrons. The third kappa shape index (κ3) is 5.80. The molecule has 1 amide bonds. The maximum Gasteiger partial charge on any atom is 0.243 e. The predicted molar refractivity (Wildman–Crippen MR) is 105 cm³/mol. The lowest BCUT2D eigenvalue weighted by Crippen LogP contribution is -2.43. The molecule has 0 heterocycles. The maximum atomic E-state index is 12.5. The van der Waals surface area contributed by atoms with Crippen LogP contribution in [-0.2, 0) is 14.8 Å². The molecule has 0 saturated carbocycles. The fraction of sp³-hybridized carbons (Fsp3) is 0.350. The van der Waals surface area contributed by atoms with Crippen LogP contribution in [0.5, 0.6) is 5.75 Å². The number of hydrogen-bond donors (Lipinski definition) is 1. The van der Waals surface area contributed by atoms with E-state index in [1.54, 1.807) is 12.1 Å². The first kappa shape index (κ1) is 20.9. The monoisotopic (exact) mass is 390 g/mol. The number of rotatable bonds is 8. The number of para-hydroxylation sites is 1. The van der Waals surface area contributed by atoms with Crippen molar-refractivity contribution in [2.24, 2.45) is 0 Å². The fourth-order valence-corrected chi connectivity index (χ4v) is 3.60. The van der Waals surface area contributed by atoms with E-state index in [-0.39, 0.29) is 23.4 Å². The Morgan fingerprint density at radius 3 is 2.37 bits per heavy atom. The second-order valence-corrected chi connectivity index (χ2v) is 8.66. The van der Waals surface area contributed by atoms with Gasteiger partial charge < -0.3 is 10.1 Å². The number of carbonyl (C=O) groups excluding carboxylic acids is 1. The SMILES string of the molecule is Cc1ccc(S(=O)(=O)N(C)CC(=O)N[C@@H](C)COc2ccccc2C)cc1. The first-order valence-electron chi connectivity index (χ1n) is 8.71. The molecule has 27 heavy (non-hydrogen) atoms. The fourth-order valence-electron chi connectivity index (χ4n) is 2.47. The van der Waals surface area contributed by atoms with Crippen molar-refractivity contribution in [2.75, 3.05) is 20.2 Å². The quantitative estimate of drug-likeness (QED) is 0.751. The maximum absolute atomic E-state index is 12.5. The Kier molecular flexibility index (Phi) is 6.98. The Bertz CT molecular complexity index is 879. The summed E-state index contributed by atoms with van der Waals surface area (Å²) in [6.45, 7) is 5.68. The van der Waals surface area contributed by atoms with Crippen LogP contribution in [0.25, 0.3) is 0 Å². The Hall–Kier alpha value is -2.38. The van der Waals surface area contributed by atoms with Gasteiger partial charge in [-0.3, -0.25) is 4.79 Å². The zero-order valence-electron chi connectivity index (χ0n) is 16.1. The van der Waals surface area contributed by atoms with Gasteiger partial charge in [0.2, 0.25) is 15.9 Å². The largest absolute Gasteiger partial charge is 0.491 e. The lowest BCUT2D eigenvalue weighted by molar-refractivity contribution is -0.121. The van der Waals surface area contributed by atoms with E-state index in [0.29, 0.717) is 6.61 Å². The molecule has 0 bridgehead atoms. The smallest absolute Gasteiger partial charge is 0.243 e. The summed E-state index contributed by atoms with van der Waals surface area (Å²) in [5.74, 6) is 0.381. The first-order chi connectivity index (χ1) is 12.7. The molecular formula is C20H26N2O4S. The van der Waals surface area contributed by atoms with Gasteiger partial charge in [0.05, 0.1) is 17.5 Å². The molecule has 0 unspecified atom stereocenters. The highest BCUT2D eigenvalue weighted by Gasteiger charge is 2.23. The zero-order valence-corrected chi connectivity index (χ0v) is 16.9. The van der Waals surface area contributed by atoms with E-state index in [2.05, 4.69) is 5.32 Å².